The van der Waals surface area contributed by atoms with Crippen molar-refractivity contribution in [1.29, 1.82) is 0 Å². The average molecular weight is 902 g/mol. The van der Waals surface area contributed by atoms with Gasteiger partial charge in [0.05, 0.1) is 35.2 Å². The molecule has 6 aliphatic rings. The van der Waals surface area contributed by atoms with E-state index in [1.54, 1.807) is 30.1 Å². The molecule has 338 valence electrons. The smallest absolute Gasteiger partial charge is 0.328 e. The number of halogens is 4. The molecule has 2 aromatic carbocycles. The molecule has 0 bridgehead atoms. The number of alkyl halides is 3. The molecule has 0 radical (unpaired) electrons. The number of piperidine rings is 3. The van der Waals surface area contributed by atoms with Gasteiger partial charge in [0.2, 0.25) is 5.91 Å². The Morgan fingerprint density at radius 3 is 2.41 bits per heavy atom. The number of carbonyl (C=O) groups excluding carboxylic acids is 4. The summed E-state index contributed by atoms with van der Waals surface area (Å²) in [5, 5.41) is 13.3. The molecular weight excluding hydrogens is 851 g/mol. The van der Waals surface area contributed by atoms with Crippen LogP contribution in [0.1, 0.15) is 76.9 Å². The summed E-state index contributed by atoms with van der Waals surface area (Å²) < 4.78 is 47.9. The lowest BCUT2D eigenvalue weighted by Gasteiger charge is -2.53. The highest BCUT2D eigenvalue weighted by Crippen LogP contribution is 2.52. The highest BCUT2D eigenvalue weighted by Gasteiger charge is 2.58. The van der Waals surface area contributed by atoms with Crippen molar-refractivity contribution in [1.82, 2.24) is 39.9 Å². The highest BCUT2D eigenvalue weighted by molar-refractivity contribution is 6.34. The average Bonchev–Trinajstić information content (AvgIpc) is 3.59. The number of imidazole rings is 1. The molecule has 64 heavy (non-hydrogen) atoms. The second-order valence-electron chi connectivity index (χ2n) is 18.1. The summed E-state index contributed by atoms with van der Waals surface area (Å²) in [6.07, 6.45) is 4.08. The Bertz CT molecular complexity index is 2520. The molecule has 4 saturated heterocycles. The summed E-state index contributed by atoms with van der Waals surface area (Å²) in [7, 11) is 1.78. The Kier molecular flexibility index (Phi) is 11.0. The number of rotatable bonds is 9. The lowest BCUT2D eigenvalue weighted by molar-refractivity contribution is -0.194. The van der Waals surface area contributed by atoms with Crippen LogP contribution in [0.15, 0.2) is 48.7 Å². The summed E-state index contributed by atoms with van der Waals surface area (Å²) >= 11 is 6.40. The summed E-state index contributed by atoms with van der Waals surface area (Å²) in [5.41, 5.74) is 4.46. The van der Waals surface area contributed by atoms with Crippen LogP contribution >= 0.6 is 11.6 Å². The normalized spacial score (nSPS) is 23.7. The van der Waals surface area contributed by atoms with E-state index in [-0.39, 0.29) is 48.1 Å². The minimum absolute atomic E-state index is 0.0521. The molecule has 10 rings (SSSR count). The number of fused-ring (bicyclic) bond motifs is 2. The van der Waals surface area contributed by atoms with Gasteiger partial charge in [0.1, 0.15) is 6.17 Å². The Hall–Kier alpha value is -5.46. The van der Waals surface area contributed by atoms with Gasteiger partial charge in [-0.15, -0.1) is 5.10 Å². The number of aromatic nitrogens is 3. The molecule has 1 saturated carbocycles. The molecule has 2 atom stereocenters. The second-order valence-corrected chi connectivity index (χ2v) is 18.5. The van der Waals surface area contributed by atoms with Gasteiger partial charge < -0.3 is 20.4 Å². The van der Waals surface area contributed by atoms with E-state index in [9.17, 15) is 23.6 Å². The number of likely N-dealkylation sites (tertiary alicyclic amines) is 3. The summed E-state index contributed by atoms with van der Waals surface area (Å²) in [6.45, 7) is 3.81. The molecule has 1 unspecified atom stereocenters. The SMILES string of the molecule is CNc1cc(N2CCc3c(CN4CCC5(CC4)CCN(C4CCN(C(=O)c6ccc(Cl)c(N7CCC(=O)NC7=O)c6)CC4)CC5(F)F)cccc32)nn2c(C(=O)NC3C[C@@H]3F)cnc12. The number of carbonyl (C=O) groups is 4. The molecule has 7 heterocycles. The molecule has 19 heteroatoms. The molecule has 3 N–H and O–H groups in total. The number of benzene rings is 2. The van der Waals surface area contributed by atoms with Crippen LogP contribution in [-0.2, 0) is 17.8 Å². The van der Waals surface area contributed by atoms with Crippen LogP contribution < -0.4 is 25.8 Å². The Balaban J connectivity index is 0.747. The predicted molar refractivity (Wildman–Crippen MR) is 234 cm³/mol. The van der Waals surface area contributed by atoms with Gasteiger partial charge in [-0.05, 0) is 93.6 Å². The summed E-state index contributed by atoms with van der Waals surface area (Å²) in [6, 6.07) is 11.8. The first-order valence-corrected chi connectivity index (χ1v) is 22.6. The van der Waals surface area contributed by atoms with E-state index in [2.05, 4.69) is 42.9 Å². The Labute approximate surface area is 373 Å². The van der Waals surface area contributed by atoms with Crippen molar-refractivity contribution in [3.63, 3.8) is 0 Å². The number of urea groups is 1. The minimum Gasteiger partial charge on any atom is -0.385 e. The zero-order valence-corrected chi connectivity index (χ0v) is 36.4. The lowest BCUT2D eigenvalue weighted by Crippen LogP contribution is -2.61. The fourth-order valence-corrected chi connectivity index (χ4v) is 10.7. The number of nitrogens with one attached hydrogen (secondary N) is 3. The monoisotopic (exact) mass is 901 g/mol. The third-order valence-electron chi connectivity index (χ3n) is 14.5. The Morgan fingerprint density at radius 2 is 1.69 bits per heavy atom. The second kappa shape index (κ2) is 16.5. The van der Waals surface area contributed by atoms with Crippen LogP contribution in [-0.4, -0.2) is 137 Å². The third kappa shape index (κ3) is 7.70. The van der Waals surface area contributed by atoms with Crippen molar-refractivity contribution in [2.24, 2.45) is 5.41 Å². The van der Waals surface area contributed by atoms with E-state index >= 15 is 8.78 Å². The highest BCUT2D eigenvalue weighted by atomic mass is 35.5. The maximum absolute atomic E-state index is 16.4. The van der Waals surface area contributed by atoms with E-state index in [1.165, 1.54) is 21.2 Å². The van der Waals surface area contributed by atoms with Crippen LogP contribution in [0, 0.1) is 5.41 Å². The summed E-state index contributed by atoms with van der Waals surface area (Å²) in [4.78, 5) is 64.6. The van der Waals surface area contributed by atoms with Crippen LogP contribution in [0.4, 0.5) is 40.8 Å². The first-order valence-electron chi connectivity index (χ1n) is 22.3. The molecule has 2 aromatic heterocycles. The minimum atomic E-state index is -2.85. The van der Waals surface area contributed by atoms with Gasteiger partial charge in [0.15, 0.2) is 17.2 Å². The first-order chi connectivity index (χ1) is 30.8. The van der Waals surface area contributed by atoms with Crippen LogP contribution in [0.25, 0.3) is 5.65 Å². The molecule has 1 spiro atoms. The van der Waals surface area contributed by atoms with Crippen molar-refractivity contribution >= 4 is 63.9 Å². The lowest BCUT2D eigenvalue weighted by atomic mass is 9.68. The number of anilines is 4. The molecule has 15 nitrogen and oxygen atoms in total. The molecule has 5 fully saturated rings. The standard InChI is InChI=1S/C45H51ClF3N11O4/c1-50-34-23-38(54-60-37(24-51-40(34)60)41(62)52-33-22-32(33)47)58-16-9-30-28(3-2-4-35(30)58)25-55-18-11-44(12-19-55)13-20-57(26-45(44,48)49)29-7-14-56(15-8-29)42(63)27-5-6-31(46)36(21-27)59-17-10-39(61)53-43(59)64/h2-6,21,23-24,29,32-33,50H,7-20,22,25-26H2,1H3,(H,52,62)(H,53,61,64)/t32-,33?/m0/s1. The molecule has 4 aromatic rings. The topological polar surface area (TPSA) is 151 Å². The van der Waals surface area contributed by atoms with E-state index in [4.69, 9.17) is 16.7 Å². The summed E-state index contributed by atoms with van der Waals surface area (Å²) in [5.74, 6) is -3.22. The fourth-order valence-electron chi connectivity index (χ4n) is 10.5. The van der Waals surface area contributed by atoms with Crippen molar-refractivity contribution in [2.45, 2.75) is 82.1 Å². The molecule has 5 amide bonds. The Morgan fingerprint density at radius 1 is 0.938 bits per heavy atom. The van der Waals surface area contributed by atoms with E-state index < -0.39 is 35.5 Å². The van der Waals surface area contributed by atoms with E-state index in [0.29, 0.717) is 113 Å². The van der Waals surface area contributed by atoms with Crippen molar-refractivity contribution in [2.75, 3.05) is 74.5 Å². The number of hydrogen-bond acceptors (Lipinski definition) is 10. The molecular formula is C45H51ClF3N11O4. The zero-order valence-electron chi connectivity index (χ0n) is 35.6. The van der Waals surface area contributed by atoms with E-state index in [0.717, 1.165) is 17.7 Å². The maximum Gasteiger partial charge on any atom is 0.328 e. The van der Waals surface area contributed by atoms with Crippen molar-refractivity contribution in [3.8, 4) is 0 Å². The van der Waals surface area contributed by atoms with E-state index in [1.807, 2.05) is 17.0 Å². The zero-order chi connectivity index (χ0) is 44.5. The fraction of sp³-hybridized carbons (Fsp3) is 0.511. The van der Waals surface area contributed by atoms with Crippen molar-refractivity contribution < 1.29 is 32.3 Å². The maximum atomic E-state index is 16.4. The van der Waals surface area contributed by atoms with Gasteiger partial charge in [0, 0.05) is 81.4 Å². The van der Waals surface area contributed by atoms with Gasteiger partial charge in [-0.25, -0.2) is 27.5 Å². The number of nitrogens with zero attached hydrogens (tertiary/aromatic N) is 8. The molecule has 1 aliphatic carbocycles. The first kappa shape index (κ1) is 42.5. The van der Waals surface area contributed by atoms with Gasteiger partial charge in [-0.1, -0.05) is 23.7 Å². The number of hydrogen-bond donors (Lipinski definition) is 3. The van der Waals surface area contributed by atoms with Gasteiger partial charge in [-0.2, -0.15) is 0 Å². The predicted octanol–water partition coefficient (Wildman–Crippen LogP) is 5.63. The van der Waals surface area contributed by atoms with Gasteiger partial charge in [0.25, 0.3) is 17.7 Å². The largest absolute Gasteiger partial charge is 0.385 e. The van der Waals surface area contributed by atoms with Gasteiger partial charge >= 0.3 is 6.03 Å². The number of amides is 5. The van der Waals surface area contributed by atoms with Crippen LogP contribution in [0.5, 0.6) is 0 Å². The quantitative estimate of drug-likeness (QED) is 0.193. The number of imide groups is 1. The van der Waals surface area contributed by atoms with Crippen LogP contribution in [0.2, 0.25) is 5.02 Å². The van der Waals surface area contributed by atoms with Gasteiger partial charge in [-0.3, -0.25) is 34.4 Å². The van der Waals surface area contributed by atoms with Crippen LogP contribution in [0.3, 0.4) is 0 Å². The van der Waals surface area contributed by atoms with Crippen molar-refractivity contribution in [3.05, 3.63) is 76.1 Å². The molecule has 5 aliphatic heterocycles. The third-order valence-corrected chi connectivity index (χ3v) is 14.8.